The third-order valence-corrected chi connectivity index (χ3v) is 7.08. The molecule has 3 heterocycles. The van der Waals surface area contributed by atoms with E-state index < -0.39 is 38.7 Å². The molecule has 1 fully saturated rings. The van der Waals surface area contributed by atoms with E-state index >= 15 is 0 Å². The monoisotopic (exact) mass is 482 g/mol. The molecule has 1 aromatic carbocycles. The van der Waals surface area contributed by atoms with E-state index in [2.05, 4.69) is 10.3 Å². The number of aromatic nitrogens is 2. The van der Waals surface area contributed by atoms with Crippen molar-refractivity contribution in [1.29, 1.82) is 5.26 Å². The van der Waals surface area contributed by atoms with Gasteiger partial charge in [-0.2, -0.15) is 10.2 Å². The summed E-state index contributed by atoms with van der Waals surface area (Å²) < 4.78 is 44.4. The molecule has 1 N–H and O–H groups in total. The fourth-order valence-electron chi connectivity index (χ4n) is 3.59. The van der Waals surface area contributed by atoms with Crippen molar-refractivity contribution in [2.45, 2.75) is 19.4 Å². The van der Waals surface area contributed by atoms with Crippen molar-refractivity contribution in [2.75, 3.05) is 11.5 Å². The summed E-state index contributed by atoms with van der Waals surface area (Å²) in [7, 11) is -3.25. The smallest absolute Gasteiger partial charge is 0.269 e. The van der Waals surface area contributed by atoms with Gasteiger partial charge in [-0.1, -0.05) is 18.2 Å². The van der Waals surface area contributed by atoms with E-state index in [1.54, 1.807) is 25.1 Å². The van der Waals surface area contributed by atoms with Crippen molar-refractivity contribution in [1.82, 2.24) is 14.7 Å². The van der Waals surface area contributed by atoms with Gasteiger partial charge >= 0.3 is 0 Å². The van der Waals surface area contributed by atoms with Crippen molar-refractivity contribution in [3.05, 3.63) is 75.5 Å². The maximum atomic E-state index is 14.2. The minimum absolute atomic E-state index is 0.0561. The largest absolute Gasteiger partial charge is 0.435 e. The molecule has 174 valence electrons. The number of halogens is 1. The Hall–Kier alpha value is -4.04. The van der Waals surface area contributed by atoms with E-state index in [9.17, 15) is 27.7 Å². The first kappa shape index (κ1) is 23.1. The second-order valence-corrected chi connectivity index (χ2v) is 10.0. The van der Waals surface area contributed by atoms with E-state index in [4.69, 9.17) is 4.74 Å². The molecule has 9 nitrogen and oxygen atoms in total. The Kier molecular flexibility index (Phi) is 6.17. The molecule has 0 saturated carbocycles. The number of para-hydroxylation sites is 1. The van der Waals surface area contributed by atoms with Gasteiger partial charge in [0.2, 0.25) is 5.88 Å². The van der Waals surface area contributed by atoms with Crippen LogP contribution in [0.3, 0.4) is 0 Å². The van der Waals surface area contributed by atoms with E-state index in [0.29, 0.717) is 5.56 Å². The van der Waals surface area contributed by atoms with Gasteiger partial charge in [-0.25, -0.2) is 12.8 Å². The SMILES string of the molecule is Cc1cccn2c(=O)c(/C=C(\C#N)C(=O)N[C@@H]3CCS(=O)(=O)C3)c(Oc3ccccc3F)nc12. The molecule has 1 aliphatic rings. The normalized spacial score (nSPS) is 17.3. The average molecular weight is 482 g/mol. The molecule has 0 aliphatic carbocycles. The molecule has 3 aromatic rings. The van der Waals surface area contributed by atoms with Crippen LogP contribution in [0.2, 0.25) is 0 Å². The summed E-state index contributed by atoms with van der Waals surface area (Å²) in [4.78, 5) is 30.3. The summed E-state index contributed by atoms with van der Waals surface area (Å²) in [5.74, 6) is -2.28. The number of nitriles is 1. The number of hydrogen-bond donors (Lipinski definition) is 1. The molecular weight excluding hydrogens is 463 g/mol. The second kappa shape index (κ2) is 9.07. The van der Waals surface area contributed by atoms with Crippen LogP contribution in [-0.2, 0) is 14.6 Å². The van der Waals surface area contributed by atoms with Crippen LogP contribution in [0.15, 0.2) is 53.0 Å². The number of fused-ring (bicyclic) bond motifs is 1. The van der Waals surface area contributed by atoms with E-state index in [-0.39, 0.29) is 40.8 Å². The lowest BCUT2D eigenvalue weighted by molar-refractivity contribution is -0.117. The highest BCUT2D eigenvalue weighted by atomic mass is 32.2. The van der Waals surface area contributed by atoms with Gasteiger partial charge in [-0.15, -0.1) is 0 Å². The molecule has 0 spiro atoms. The Bertz CT molecular complexity index is 1540. The number of nitrogens with zero attached hydrogens (tertiary/aromatic N) is 3. The minimum Gasteiger partial charge on any atom is -0.435 e. The Morgan fingerprint density at radius 1 is 1.32 bits per heavy atom. The number of ether oxygens (including phenoxy) is 1. The van der Waals surface area contributed by atoms with Crippen LogP contribution in [0.1, 0.15) is 17.5 Å². The molecule has 0 unspecified atom stereocenters. The highest BCUT2D eigenvalue weighted by Crippen LogP contribution is 2.26. The van der Waals surface area contributed by atoms with Crippen LogP contribution in [0.5, 0.6) is 11.6 Å². The van der Waals surface area contributed by atoms with Gasteiger partial charge in [-0.3, -0.25) is 14.0 Å². The Morgan fingerprint density at radius 3 is 2.76 bits per heavy atom. The molecule has 1 atom stereocenters. The van der Waals surface area contributed by atoms with E-state index in [0.717, 1.165) is 6.08 Å². The van der Waals surface area contributed by atoms with Gasteiger partial charge in [0.05, 0.1) is 11.5 Å². The van der Waals surface area contributed by atoms with E-state index in [1.807, 2.05) is 0 Å². The second-order valence-electron chi connectivity index (χ2n) is 7.80. The van der Waals surface area contributed by atoms with Crippen LogP contribution < -0.4 is 15.6 Å². The molecule has 0 bridgehead atoms. The number of rotatable bonds is 5. The summed E-state index contributed by atoms with van der Waals surface area (Å²) in [6, 6.07) is 9.99. The third-order valence-electron chi connectivity index (χ3n) is 5.31. The number of pyridine rings is 1. The molecule has 0 radical (unpaired) electrons. The van der Waals surface area contributed by atoms with Crippen molar-refractivity contribution >= 4 is 27.5 Å². The standard InChI is InChI=1S/C23H19FN4O5S/c1-14-5-4-9-28-20(14)27-22(33-19-7-3-2-6-18(19)24)17(23(28)30)11-15(12-25)21(29)26-16-8-10-34(31,32)13-16/h2-7,9,11,16H,8,10,13H2,1H3,(H,26,29)/b15-11+/t16-/m1/s1. The van der Waals surface area contributed by atoms with Gasteiger partial charge < -0.3 is 10.1 Å². The fourth-order valence-corrected chi connectivity index (χ4v) is 5.26. The Morgan fingerprint density at radius 2 is 2.09 bits per heavy atom. The minimum atomic E-state index is -3.25. The summed E-state index contributed by atoms with van der Waals surface area (Å²) >= 11 is 0. The van der Waals surface area contributed by atoms with Gasteiger partial charge in [-0.05, 0) is 43.2 Å². The van der Waals surface area contributed by atoms with Gasteiger partial charge in [0.15, 0.2) is 21.4 Å². The van der Waals surface area contributed by atoms with Crippen molar-refractivity contribution in [2.24, 2.45) is 0 Å². The maximum Gasteiger partial charge on any atom is 0.269 e. The Labute approximate surface area is 194 Å². The molecular formula is C23H19FN4O5S. The molecule has 1 amide bonds. The van der Waals surface area contributed by atoms with E-state index in [1.165, 1.54) is 34.9 Å². The molecule has 1 saturated heterocycles. The van der Waals surface area contributed by atoms with Crippen LogP contribution in [0.25, 0.3) is 11.7 Å². The van der Waals surface area contributed by atoms with Gasteiger partial charge in [0.25, 0.3) is 11.5 Å². The first-order valence-corrected chi connectivity index (χ1v) is 12.1. The summed E-state index contributed by atoms with van der Waals surface area (Å²) in [6.45, 7) is 1.73. The number of carbonyl (C=O) groups excluding carboxylic acids is 1. The number of benzene rings is 1. The summed E-state index contributed by atoms with van der Waals surface area (Å²) in [5, 5.41) is 12.1. The number of nitrogens with one attached hydrogen (secondary N) is 1. The quantitative estimate of drug-likeness (QED) is 0.435. The first-order chi connectivity index (χ1) is 16.2. The highest BCUT2D eigenvalue weighted by molar-refractivity contribution is 7.91. The topological polar surface area (TPSA) is 131 Å². The summed E-state index contributed by atoms with van der Waals surface area (Å²) in [5.41, 5.74) is -0.417. The number of aryl methyl sites for hydroxylation is 1. The lowest BCUT2D eigenvalue weighted by Gasteiger charge is -2.13. The number of hydrogen-bond acceptors (Lipinski definition) is 7. The molecule has 1 aliphatic heterocycles. The lowest BCUT2D eigenvalue weighted by atomic mass is 10.1. The van der Waals surface area contributed by atoms with Gasteiger partial charge in [0, 0.05) is 12.2 Å². The van der Waals surface area contributed by atoms with Crippen LogP contribution >= 0.6 is 0 Å². The van der Waals surface area contributed by atoms with Gasteiger partial charge in [0.1, 0.15) is 22.9 Å². The molecule has 2 aromatic heterocycles. The molecule has 11 heteroatoms. The number of amides is 1. The average Bonchev–Trinajstić information content (AvgIpc) is 3.13. The fraction of sp³-hybridized carbons (Fsp3) is 0.217. The predicted molar refractivity (Wildman–Crippen MR) is 121 cm³/mol. The molecule has 34 heavy (non-hydrogen) atoms. The molecule has 4 rings (SSSR count). The highest BCUT2D eigenvalue weighted by Gasteiger charge is 2.30. The van der Waals surface area contributed by atoms with Crippen LogP contribution in [0.4, 0.5) is 4.39 Å². The third kappa shape index (κ3) is 4.67. The zero-order valence-electron chi connectivity index (χ0n) is 18.0. The number of sulfone groups is 1. The first-order valence-electron chi connectivity index (χ1n) is 10.3. The van der Waals surface area contributed by atoms with Crippen molar-refractivity contribution in [3.63, 3.8) is 0 Å². The summed E-state index contributed by atoms with van der Waals surface area (Å²) in [6.07, 6.45) is 2.71. The predicted octanol–water partition coefficient (Wildman–Crippen LogP) is 2.14. The maximum absolute atomic E-state index is 14.2. The number of carbonyl (C=O) groups is 1. The zero-order valence-corrected chi connectivity index (χ0v) is 18.8. The zero-order chi connectivity index (χ0) is 24.5. The van der Waals surface area contributed by atoms with Crippen molar-refractivity contribution in [3.8, 4) is 17.7 Å². The Balaban J connectivity index is 1.81. The van der Waals surface area contributed by atoms with Crippen molar-refractivity contribution < 1.29 is 22.3 Å². The van der Waals surface area contributed by atoms with Crippen LogP contribution in [0, 0.1) is 24.1 Å². The lowest BCUT2D eigenvalue weighted by Crippen LogP contribution is -2.36. The van der Waals surface area contributed by atoms with Crippen LogP contribution in [-0.4, -0.2) is 41.3 Å².